The van der Waals surface area contributed by atoms with Gasteiger partial charge in [0.05, 0.1) is 18.4 Å². The van der Waals surface area contributed by atoms with Crippen molar-refractivity contribution in [2.45, 2.75) is 38.5 Å². The highest BCUT2D eigenvalue weighted by Crippen LogP contribution is 2.40. The van der Waals surface area contributed by atoms with Crippen molar-refractivity contribution in [3.8, 4) is 17.0 Å². The van der Waals surface area contributed by atoms with E-state index in [1.54, 1.807) is 18.0 Å². The van der Waals surface area contributed by atoms with E-state index in [2.05, 4.69) is 52.4 Å². The molecule has 150 valence electrons. The van der Waals surface area contributed by atoms with Crippen molar-refractivity contribution in [3.05, 3.63) is 47.9 Å². The summed E-state index contributed by atoms with van der Waals surface area (Å²) in [7, 11) is 1.71. The van der Waals surface area contributed by atoms with Crippen molar-refractivity contribution in [2.24, 2.45) is 0 Å². The molecule has 0 aliphatic carbocycles. The Labute approximate surface area is 170 Å². The van der Waals surface area contributed by atoms with Crippen molar-refractivity contribution < 1.29 is 4.74 Å². The van der Waals surface area contributed by atoms with Gasteiger partial charge in [-0.05, 0) is 61.0 Å². The molecule has 0 saturated carbocycles. The van der Waals surface area contributed by atoms with Crippen LogP contribution in [0, 0.1) is 0 Å². The molecule has 0 bridgehead atoms. The zero-order valence-corrected chi connectivity index (χ0v) is 17.2. The fraction of sp³-hybridized carbons (Fsp3) is 0.391. The number of aromatic nitrogens is 4. The third-order valence-corrected chi connectivity index (χ3v) is 6.12. The summed E-state index contributed by atoms with van der Waals surface area (Å²) in [5, 5.41) is 9.09. The van der Waals surface area contributed by atoms with Crippen molar-refractivity contribution in [1.82, 2.24) is 24.9 Å². The van der Waals surface area contributed by atoms with E-state index in [0.29, 0.717) is 11.8 Å². The van der Waals surface area contributed by atoms with Gasteiger partial charge in [0.15, 0.2) is 5.65 Å². The minimum absolute atomic E-state index is 0.373. The van der Waals surface area contributed by atoms with Crippen LogP contribution in [0.3, 0.4) is 0 Å². The van der Waals surface area contributed by atoms with Crippen LogP contribution in [0.2, 0.25) is 0 Å². The molecule has 1 aromatic carbocycles. The second-order valence-corrected chi connectivity index (χ2v) is 8.22. The summed E-state index contributed by atoms with van der Waals surface area (Å²) in [6.07, 6.45) is 5.98. The summed E-state index contributed by atoms with van der Waals surface area (Å²) in [5.41, 5.74) is 6.84. The Morgan fingerprint density at radius 1 is 1.17 bits per heavy atom. The summed E-state index contributed by atoms with van der Waals surface area (Å²) in [4.78, 5) is 7.95. The maximum Gasteiger partial charge on any atom is 0.158 e. The quantitative estimate of drug-likeness (QED) is 0.540. The van der Waals surface area contributed by atoms with E-state index in [-0.39, 0.29) is 0 Å². The Morgan fingerprint density at radius 3 is 2.76 bits per heavy atom. The van der Waals surface area contributed by atoms with Crippen molar-refractivity contribution in [3.63, 3.8) is 0 Å². The van der Waals surface area contributed by atoms with Gasteiger partial charge in [-0.15, -0.1) is 0 Å². The predicted molar refractivity (Wildman–Crippen MR) is 116 cm³/mol. The summed E-state index contributed by atoms with van der Waals surface area (Å²) in [6, 6.07) is 8.88. The molecule has 4 aromatic rings. The molecule has 2 N–H and O–H groups in total. The molecule has 29 heavy (non-hydrogen) atoms. The van der Waals surface area contributed by atoms with Crippen molar-refractivity contribution in [1.29, 1.82) is 0 Å². The molecule has 0 spiro atoms. The Morgan fingerprint density at radius 2 is 2.00 bits per heavy atom. The zero-order valence-electron chi connectivity index (χ0n) is 17.2. The minimum Gasteiger partial charge on any atom is -0.496 e. The molecule has 1 aliphatic heterocycles. The highest BCUT2D eigenvalue weighted by atomic mass is 16.5. The molecule has 0 radical (unpaired) electrons. The Hall–Kier alpha value is -2.86. The monoisotopic (exact) mass is 389 g/mol. The lowest BCUT2D eigenvalue weighted by atomic mass is 9.88. The number of nitrogens with one attached hydrogen (secondary N) is 2. The summed E-state index contributed by atoms with van der Waals surface area (Å²) in [5.74, 6) is 1.82. The highest BCUT2D eigenvalue weighted by molar-refractivity contribution is 5.93. The van der Waals surface area contributed by atoms with E-state index < -0.39 is 0 Å². The van der Waals surface area contributed by atoms with E-state index >= 15 is 0 Å². The standard InChI is InChI=1S/C23H27N5O/c1-14(2)22-17-10-16(15-6-8-24-9-7-15)4-5-19(17)27-23(22)18-12-28-21(25-13-26-28)11-20(18)29-3/h4-5,10-15,24,27H,6-9H2,1-3H3. The number of nitrogens with zero attached hydrogens (tertiary/aromatic N) is 3. The van der Waals surface area contributed by atoms with Crippen LogP contribution in [-0.2, 0) is 0 Å². The van der Waals surface area contributed by atoms with Gasteiger partial charge in [0.25, 0.3) is 0 Å². The van der Waals surface area contributed by atoms with Crippen LogP contribution in [-0.4, -0.2) is 39.8 Å². The van der Waals surface area contributed by atoms with Gasteiger partial charge < -0.3 is 15.0 Å². The van der Waals surface area contributed by atoms with Crippen LogP contribution < -0.4 is 10.1 Å². The topological polar surface area (TPSA) is 67.2 Å². The van der Waals surface area contributed by atoms with Gasteiger partial charge in [-0.3, -0.25) is 0 Å². The first-order valence-electron chi connectivity index (χ1n) is 10.4. The van der Waals surface area contributed by atoms with Crippen molar-refractivity contribution >= 4 is 16.6 Å². The molecule has 0 unspecified atom stereocenters. The number of benzene rings is 1. The van der Waals surface area contributed by atoms with Gasteiger partial charge in [-0.2, -0.15) is 5.10 Å². The normalized spacial score (nSPS) is 15.6. The maximum atomic E-state index is 5.72. The molecule has 1 saturated heterocycles. The third-order valence-electron chi connectivity index (χ3n) is 6.12. The minimum atomic E-state index is 0.373. The van der Waals surface area contributed by atoms with E-state index in [1.807, 2.05) is 12.3 Å². The van der Waals surface area contributed by atoms with Gasteiger partial charge >= 0.3 is 0 Å². The smallest absolute Gasteiger partial charge is 0.158 e. The van der Waals surface area contributed by atoms with Crippen molar-refractivity contribution in [2.75, 3.05) is 20.2 Å². The molecular formula is C23H27N5O. The first kappa shape index (κ1) is 18.2. The number of hydrogen-bond donors (Lipinski definition) is 2. The number of pyridine rings is 1. The third kappa shape index (κ3) is 3.08. The number of ether oxygens (including phenoxy) is 1. The molecule has 3 aromatic heterocycles. The largest absolute Gasteiger partial charge is 0.496 e. The number of H-pyrrole nitrogens is 1. The van der Waals surface area contributed by atoms with Crippen LogP contribution in [0.1, 0.15) is 49.7 Å². The van der Waals surface area contributed by atoms with Crippen LogP contribution >= 0.6 is 0 Å². The number of piperidine rings is 1. The first-order chi connectivity index (χ1) is 14.2. The van der Waals surface area contributed by atoms with Gasteiger partial charge in [-0.25, -0.2) is 9.50 Å². The van der Waals surface area contributed by atoms with Gasteiger partial charge in [0.2, 0.25) is 0 Å². The van der Waals surface area contributed by atoms with E-state index in [0.717, 1.165) is 35.7 Å². The SMILES string of the molecule is COc1cc2ncnn2cc1-c1[nH]c2ccc(C3CCNCC3)cc2c1C(C)C. The average Bonchev–Trinajstić information content (AvgIpc) is 3.36. The van der Waals surface area contributed by atoms with E-state index in [4.69, 9.17) is 4.74 Å². The van der Waals surface area contributed by atoms with Gasteiger partial charge in [-0.1, -0.05) is 19.9 Å². The molecule has 1 fully saturated rings. The number of fused-ring (bicyclic) bond motifs is 2. The molecule has 0 amide bonds. The molecule has 1 aliphatic rings. The molecule has 5 rings (SSSR count). The number of rotatable bonds is 4. The number of hydrogen-bond acceptors (Lipinski definition) is 4. The summed E-state index contributed by atoms with van der Waals surface area (Å²) < 4.78 is 7.52. The summed E-state index contributed by atoms with van der Waals surface area (Å²) in [6.45, 7) is 6.72. The predicted octanol–water partition coefficient (Wildman–Crippen LogP) is 4.48. The lowest BCUT2D eigenvalue weighted by molar-refractivity contribution is 0.416. The fourth-order valence-electron chi connectivity index (χ4n) is 4.65. The molecular weight excluding hydrogens is 362 g/mol. The molecule has 6 heteroatoms. The highest BCUT2D eigenvalue weighted by Gasteiger charge is 2.22. The molecule has 0 atom stereocenters. The second-order valence-electron chi connectivity index (χ2n) is 8.22. The Kier molecular flexibility index (Phi) is 4.51. The Bertz CT molecular complexity index is 1170. The van der Waals surface area contributed by atoms with E-state index in [1.165, 1.54) is 34.9 Å². The second kappa shape index (κ2) is 7.19. The van der Waals surface area contributed by atoms with E-state index in [9.17, 15) is 0 Å². The first-order valence-corrected chi connectivity index (χ1v) is 10.4. The molecule has 4 heterocycles. The maximum absolute atomic E-state index is 5.72. The van der Waals surface area contributed by atoms with Crippen LogP contribution in [0.15, 0.2) is 36.8 Å². The van der Waals surface area contributed by atoms with Gasteiger partial charge in [0, 0.05) is 23.2 Å². The lowest BCUT2D eigenvalue weighted by Crippen LogP contribution is -2.26. The average molecular weight is 390 g/mol. The number of methoxy groups -OCH3 is 1. The fourth-order valence-corrected chi connectivity index (χ4v) is 4.65. The van der Waals surface area contributed by atoms with Crippen LogP contribution in [0.25, 0.3) is 27.8 Å². The lowest BCUT2D eigenvalue weighted by Gasteiger charge is -2.23. The Balaban J connectivity index is 1.70. The number of aromatic amines is 1. The summed E-state index contributed by atoms with van der Waals surface area (Å²) >= 11 is 0. The molecule has 6 nitrogen and oxygen atoms in total. The van der Waals surface area contributed by atoms with Crippen LogP contribution in [0.4, 0.5) is 0 Å². The van der Waals surface area contributed by atoms with Crippen LogP contribution in [0.5, 0.6) is 5.75 Å². The van der Waals surface area contributed by atoms with Gasteiger partial charge in [0.1, 0.15) is 12.1 Å². The zero-order chi connectivity index (χ0) is 20.0.